The molecule has 0 spiro atoms. The first-order valence-corrected chi connectivity index (χ1v) is 8.73. The molecule has 0 amide bonds. The Morgan fingerprint density at radius 2 is 1.81 bits per heavy atom. The molecule has 0 heterocycles. The van der Waals surface area contributed by atoms with E-state index in [0.29, 0.717) is 17.7 Å². The van der Waals surface area contributed by atoms with Gasteiger partial charge < -0.3 is 5.11 Å². The lowest BCUT2D eigenvalue weighted by atomic mass is 9.79. The van der Waals surface area contributed by atoms with Gasteiger partial charge in [0, 0.05) is 6.04 Å². The van der Waals surface area contributed by atoms with Gasteiger partial charge in [-0.25, -0.2) is 0 Å². The van der Waals surface area contributed by atoms with E-state index in [1.807, 2.05) is 12.1 Å². The van der Waals surface area contributed by atoms with Crippen LogP contribution in [0.25, 0.3) is 0 Å². The summed E-state index contributed by atoms with van der Waals surface area (Å²) in [7, 11) is 0. The number of fused-ring (bicyclic) bond motifs is 1. The Kier molecular flexibility index (Phi) is 6.10. The van der Waals surface area contributed by atoms with Crippen molar-refractivity contribution in [2.45, 2.75) is 71.3 Å². The van der Waals surface area contributed by atoms with Crippen LogP contribution in [-0.2, 0) is 6.42 Å². The van der Waals surface area contributed by atoms with Crippen LogP contribution in [0.3, 0.4) is 0 Å². The van der Waals surface area contributed by atoms with E-state index in [2.05, 4.69) is 31.7 Å². The first kappa shape index (κ1) is 16.4. The monoisotopic (exact) mass is 289 g/mol. The van der Waals surface area contributed by atoms with Crippen LogP contribution in [0.2, 0.25) is 0 Å². The molecule has 2 heteroatoms. The highest BCUT2D eigenvalue weighted by Crippen LogP contribution is 2.38. The number of hydrogen-bond acceptors (Lipinski definition) is 2. The SMILES string of the molecule is CCCCN(CCCC)[C@@H]1CCc2c(O)cccc2[C@@H]1C. The van der Waals surface area contributed by atoms with Crippen LogP contribution in [0.5, 0.6) is 5.75 Å². The van der Waals surface area contributed by atoms with Crippen LogP contribution < -0.4 is 0 Å². The van der Waals surface area contributed by atoms with Gasteiger partial charge in [-0.2, -0.15) is 0 Å². The lowest BCUT2D eigenvalue weighted by Gasteiger charge is -2.40. The summed E-state index contributed by atoms with van der Waals surface area (Å²) in [6.45, 7) is 9.33. The van der Waals surface area contributed by atoms with Gasteiger partial charge in [0.2, 0.25) is 0 Å². The summed E-state index contributed by atoms with van der Waals surface area (Å²) in [4.78, 5) is 2.71. The molecule has 0 fully saturated rings. The summed E-state index contributed by atoms with van der Waals surface area (Å²) in [5, 5.41) is 10.1. The summed E-state index contributed by atoms with van der Waals surface area (Å²) in [5.74, 6) is 1.01. The van der Waals surface area contributed by atoms with Gasteiger partial charge in [0.15, 0.2) is 0 Å². The Balaban J connectivity index is 2.15. The predicted molar refractivity (Wildman–Crippen MR) is 90.0 cm³/mol. The predicted octanol–water partition coefficient (Wildman–Crippen LogP) is 4.71. The highest BCUT2D eigenvalue weighted by molar-refractivity contribution is 5.43. The molecule has 1 N–H and O–H groups in total. The Bertz CT molecular complexity index is 435. The summed E-state index contributed by atoms with van der Waals surface area (Å²) < 4.78 is 0. The quantitative estimate of drug-likeness (QED) is 0.785. The van der Waals surface area contributed by atoms with Crippen LogP contribution >= 0.6 is 0 Å². The molecule has 1 aromatic carbocycles. The minimum atomic E-state index is 0.492. The molecule has 2 atom stereocenters. The van der Waals surface area contributed by atoms with Gasteiger partial charge in [0.1, 0.15) is 5.75 Å². The molecule has 0 radical (unpaired) electrons. The van der Waals surface area contributed by atoms with Crippen LogP contribution in [0.15, 0.2) is 18.2 Å². The molecular formula is C19H31NO. The van der Waals surface area contributed by atoms with Gasteiger partial charge in [-0.15, -0.1) is 0 Å². The maximum Gasteiger partial charge on any atom is 0.119 e. The standard InChI is InChI=1S/C19H31NO/c1-4-6-13-20(14-7-5-2)18-12-11-17-16(15(18)3)9-8-10-19(17)21/h8-10,15,18,21H,4-7,11-14H2,1-3H3/t15-,18+/m0/s1. The van der Waals surface area contributed by atoms with Crippen LogP contribution in [0.1, 0.15) is 69.9 Å². The van der Waals surface area contributed by atoms with Crippen molar-refractivity contribution in [3.63, 3.8) is 0 Å². The van der Waals surface area contributed by atoms with Crippen molar-refractivity contribution in [2.75, 3.05) is 13.1 Å². The molecule has 0 aromatic heterocycles. The molecule has 21 heavy (non-hydrogen) atoms. The number of hydrogen-bond donors (Lipinski definition) is 1. The number of aromatic hydroxyl groups is 1. The molecular weight excluding hydrogens is 258 g/mol. The summed E-state index contributed by atoms with van der Waals surface area (Å²) in [6, 6.07) is 6.68. The first-order valence-electron chi connectivity index (χ1n) is 8.73. The lowest BCUT2D eigenvalue weighted by Crippen LogP contribution is -2.42. The summed E-state index contributed by atoms with van der Waals surface area (Å²) in [5.41, 5.74) is 2.55. The van der Waals surface area contributed by atoms with Gasteiger partial charge in [-0.05, 0) is 61.9 Å². The normalized spacial score (nSPS) is 21.5. The molecule has 0 aliphatic heterocycles. The fourth-order valence-corrected chi connectivity index (χ4v) is 3.71. The van der Waals surface area contributed by atoms with Gasteiger partial charge in [-0.1, -0.05) is 45.7 Å². The largest absolute Gasteiger partial charge is 0.508 e. The molecule has 1 aliphatic rings. The molecule has 0 saturated heterocycles. The van der Waals surface area contributed by atoms with Gasteiger partial charge in [0.05, 0.1) is 0 Å². The molecule has 1 aliphatic carbocycles. The molecule has 0 bridgehead atoms. The zero-order chi connectivity index (χ0) is 15.2. The van der Waals surface area contributed by atoms with Crippen molar-refractivity contribution in [1.29, 1.82) is 0 Å². The smallest absolute Gasteiger partial charge is 0.119 e. The second-order valence-corrected chi connectivity index (χ2v) is 6.48. The van der Waals surface area contributed by atoms with Gasteiger partial charge >= 0.3 is 0 Å². The zero-order valence-electron chi connectivity index (χ0n) is 13.9. The number of benzene rings is 1. The Labute approximate surface area is 130 Å². The van der Waals surface area contributed by atoms with Gasteiger partial charge in [-0.3, -0.25) is 4.90 Å². The minimum absolute atomic E-state index is 0.492. The van der Waals surface area contributed by atoms with E-state index >= 15 is 0 Å². The number of rotatable bonds is 7. The Hall–Kier alpha value is -1.02. The van der Waals surface area contributed by atoms with Gasteiger partial charge in [0.25, 0.3) is 0 Å². The number of unbranched alkanes of at least 4 members (excludes halogenated alkanes) is 2. The second kappa shape index (κ2) is 7.84. The third-order valence-corrected chi connectivity index (χ3v) is 5.01. The topological polar surface area (TPSA) is 23.5 Å². The van der Waals surface area contributed by atoms with Crippen LogP contribution in [-0.4, -0.2) is 29.1 Å². The van der Waals surface area contributed by atoms with Crippen molar-refractivity contribution in [1.82, 2.24) is 4.90 Å². The maximum absolute atomic E-state index is 10.1. The van der Waals surface area contributed by atoms with E-state index in [1.165, 1.54) is 56.3 Å². The average molecular weight is 289 g/mol. The third kappa shape index (κ3) is 3.79. The maximum atomic E-state index is 10.1. The fourth-order valence-electron chi connectivity index (χ4n) is 3.71. The van der Waals surface area contributed by atoms with E-state index in [-0.39, 0.29) is 0 Å². The zero-order valence-corrected chi connectivity index (χ0v) is 13.9. The van der Waals surface area contributed by atoms with Crippen molar-refractivity contribution in [3.8, 4) is 5.75 Å². The van der Waals surface area contributed by atoms with Crippen LogP contribution in [0.4, 0.5) is 0 Å². The molecule has 1 aromatic rings. The van der Waals surface area contributed by atoms with Crippen molar-refractivity contribution in [3.05, 3.63) is 29.3 Å². The molecule has 2 nitrogen and oxygen atoms in total. The van der Waals surface area contributed by atoms with Crippen LogP contribution in [0, 0.1) is 0 Å². The average Bonchev–Trinajstić information content (AvgIpc) is 2.49. The van der Waals surface area contributed by atoms with E-state index in [4.69, 9.17) is 0 Å². The second-order valence-electron chi connectivity index (χ2n) is 6.48. The molecule has 118 valence electrons. The molecule has 2 rings (SSSR count). The summed E-state index contributed by atoms with van der Waals surface area (Å²) in [6.07, 6.45) is 7.31. The van der Waals surface area contributed by atoms with E-state index < -0.39 is 0 Å². The highest BCUT2D eigenvalue weighted by atomic mass is 16.3. The number of phenols is 1. The molecule has 0 unspecified atom stereocenters. The Morgan fingerprint density at radius 3 is 2.43 bits per heavy atom. The third-order valence-electron chi connectivity index (χ3n) is 5.01. The molecule has 0 saturated carbocycles. The van der Waals surface area contributed by atoms with Crippen molar-refractivity contribution < 1.29 is 5.11 Å². The minimum Gasteiger partial charge on any atom is -0.508 e. The van der Waals surface area contributed by atoms with Crippen molar-refractivity contribution in [2.24, 2.45) is 0 Å². The number of nitrogens with zero attached hydrogens (tertiary/aromatic N) is 1. The Morgan fingerprint density at radius 1 is 1.14 bits per heavy atom. The van der Waals surface area contributed by atoms with E-state index in [0.717, 1.165) is 6.42 Å². The van der Waals surface area contributed by atoms with Crippen molar-refractivity contribution >= 4 is 0 Å². The highest BCUT2D eigenvalue weighted by Gasteiger charge is 2.31. The summed E-state index contributed by atoms with van der Waals surface area (Å²) >= 11 is 0. The number of phenolic OH excluding ortho intramolecular Hbond substituents is 1. The van der Waals surface area contributed by atoms with E-state index in [1.54, 1.807) is 0 Å². The van der Waals surface area contributed by atoms with E-state index in [9.17, 15) is 5.11 Å². The fraction of sp³-hybridized carbons (Fsp3) is 0.684. The first-order chi connectivity index (χ1) is 10.2. The lowest BCUT2D eigenvalue weighted by molar-refractivity contribution is 0.153.